The average molecular weight is 209 g/mol. The minimum absolute atomic E-state index is 0.0160. The Morgan fingerprint density at radius 1 is 1.08 bits per heavy atom. The largest absolute Gasteiger partial charge is 0.395 e. The number of hydrogen-bond acceptors (Lipinski definition) is 2. The highest BCUT2D eigenvalue weighted by molar-refractivity contribution is 7.56. The van der Waals surface area contributed by atoms with Crippen molar-refractivity contribution in [3.8, 4) is 0 Å². The quantitative estimate of drug-likeness (QED) is 0.653. The van der Waals surface area contributed by atoms with Gasteiger partial charge in [0.25, 0.3) is 7.59 Å². The molecule has 6 heteroatoms. The standard InChI is InChI=1S/C7H20N3O2P/c1-8(2)13(12,9(3)4)10(5)6-7-11/h11H,6-7H2,1-5H3. The summed E-state index contributed by atoms with van der Waals surface area (Å²) in [5.74, 6) is 0. The van der Waals surface area contributed by atoms with Crippen molar-refractivity contribution in [3.63, 3.8) is 0 Å². The van der Waals surface area contributed by atoms with Crippen molar-refractivity contribution in [2.45, 2.75) is 0 Å². The summed E-state index contributed by atoms with van der Waals surface area (Å²) >= 11 is 0. The van der Waals surface area contributed by atoms with Crippen LogP contribution in [0.25, 0.3) is 0 Å². The molecule has 0 aliphatic rings. The number of likely N-dealkylation sites (N-methyl/N-ethyl adjacent to an activating group) is 1. The van der Waals surface area contributed by atoms with E-state index in [-0.39, 0.29) is 6.61 Å². The summed E-state index contributed by atoms with van der Waals surface area (Å²) in [6.45, 7) is 0.426. The van der Waals surface area contributed by atoms with Crippen LogP contribution in [-0.4, -0.2) is 67.5 Å². The van der Waals surface area contributed by atoms with Crippen LogP contribution in [0.3, 0.4) is 0 Å². The summed E-state index contributed by atoms with van der Waals surface area (Å²) in [5.41, 5.74) is 0. The van der Waals surface area contributed by atoms with E-state index in [9.17, 15) is 4.57 Å². The first-order valence-corrected chi connectivity index (χ1v) is 5.72. The maximum Gasteiger partial charge on any atom is 0.285 e. The Hall–Kier alpha value is 0.0700. The summed E-state index contributed by atoms with van der Waals surface area (Å²) < 4.78 is 17.4. The molecule has 0 radical (unpaired) electrons. The fourth-order valence-corrected chi connectivity index (χ4v) is 3.53. The Kier molecular flexibility index (Phi) is 5.10. The molecule has 13 heavy (non-hydrogen) atoms. The summed E-state index contributed by atoms with van der Waals surface area (Å²) in [7, 11) is 6.21. The molecule has 0 amide bonds. The van der Waals surface area contributed by atoms with Gasteiger partial charge in [-0.3, -0.25) is 4.57 Å². The van der Waals surface area contributed by atoms with Crippen LogP contribution >= 0.6 is 7.59 Å². The molecule has 0 aromatic heterocycles. The van der Waals surface area contributed by atoms with Gasteiger partial charge in [-0.25, -0.2) is 14.0 Å². The van der Waals surface area contributed by atoms with Crippen LogP contribution in [0.2, 0.25) is 0 Å². The van der Waals surface area contributed by atoms with Crippen LogP contribution in [0.15, 0.2) is 0 Å². The molecule has 80 valence electrons. The molecular formula is C7H20N3O2P. The smallest absolute Gasteiger partial charge is 0.285 e. The highest BCUT2D eigenvalue weighted by atomic mass is 31.2. The summed E-state index contributed by atoms with van der Waals surface area (Å²) in [5, 5.41) is 8.76. The molecule has 0 fully saturated rings. The number of aliphatic hydroxyl groups is 1. The predicted octanol–water partition coefficient (Wildman–Crippen LogP) is 0.142. The molecule has 0 saturated heterocycles. The zero-order valence-electron chi connectivity index (χ0n) is 9.06. The fraction of sp³-hybridized carbons (Fsp3) is 1.00. The lowest BCUT2D eigenvalue weighted by molar-refractivity contribution is 0.252. The third kappa shape index (κ3) is 2.76. The van der Waals surface area contributed by atoms with Crippen molar-refractivity contribution in [2.24, 2.45) is 0 Å². The second-order valence-corrected chi connectivity index (χ2v) is 6.62. The lowest BCUT2D eigenvalue weighted by Gasteiger charge is -2.36. The molecular weight excluding hydrogens is 189 g/mol. The van der Waals surface area contributed by atoms with Gasteiger partial charge in [-0.2, -0.15) is 0 Å². The van der Waals surface area contributed by atoms with Crippen molar-refractivity contribution in [3.05, 3.63) is 0 Å². The first kappa shape index (κ1) is 13.1. The van der Waals surface area contributed by atoms with Gasteiger partial charge >= 0.3 is 0 Å². The van der Waals surface area contributed by atoms with Crippen molar-refractivity contribution >= 4 is 7.59 Å². The second kappa shape index (κ2) is 5.08. The number of aliphatic hydroxyl groups excluding tert-OH is 1. The van der Waals surface area contributed by atoms with Crippen molar-refractivity contribution in [1.29, 1.82) is 0 Å². The van der Waals surface area contributed by atoms with Crippen LogP contribution in [0.4, 0.5) is 0 Å². The molecule has 0 atom stereocenters. The Labute approximate surface area is 80.5 Å². The lowest BCUT2D eigenvalue weighted by atomic mass is 10.7. The monoisotopic (exact) mass is 209 g/mol. The minimum Gasteiger partial charge on any atom is -0.395 e. The molecule has 0 aliphatic carbocycles. The molecule has 0 aromatic rings. The van der Waals surface area contributed by atoms with Crippen molar-refractivity contribution < 1.29 is 9.67 Å². The second-order valence-electron chi connectivity index (χ2n) is 3.31. The van der Waals surface area contributed by atoms with E-state index in [4.69, 9.17) is 5.11 Å². The van der Waals surface area contributed by atoms with Gasteiger partial charge in [-0.1, -0.05) is 0 Å². The Morgan fingerprint density at radius 2 is 1.46 bits per heavy atom. The molecule has 0 unspecified atom stereocenters. The molecule has 0 bridgehead atoms. The molecule has 0 spiro atoms. The first-order valence-electron chi connectivity index (χ1n) is 4.15. The van der Waals surface area contributed by atoms with Gasteiger partial charge < -0.3 is 5.11 Å². The van der Waals surface area contributed by atoms with Crippen LogP contribution < -0.4 is 0 Å². The number of nitrogens with zero attached hydrogens (tertiary/aromatic N) is 3. The van der Waals surface area contributed by atoms with Gasteiger partial charge in [0.15, 0.2) is 0 Å². The van der Waals surface area contributed by atoms with E-state index < -0.39 is 7.59 Å². The van der Waals surface area contributed by atoms with Gasteiger partial charge in [0.05, 0.1) is 6.61 Å². The maximum absolute atomic E-state index is 12.4. The maximum atomic E-state index is 12.4. The van der Waals surface area contributed by atoms with Crippen LogP contribution in [0, 0.1) is 0 Å². The number of hydrogen-bond donors (Lipinski definition) is 1. The molecule has 0 heterocycles. The molecule has 0 aromatic carbocycles. The summed E-state index contributed by atoms with van der Waals surface area (Å²) in [6, 6.07) is 0. The molecule has 5 nitrogen and oxygen atoms in total. The highest BCUT2D eigenvalue weighted by Gasteiger charge is 2.32. The van der Waals surface area contributed by atoms with E-state index >= 15 is 0 Å². The minimum atomic E-state index is -2.63. The Balaban J connectivity index is 4.69. The number of rotatable bonds is 5. The lowest BCUT2D eigenvalue weighted by Crippen LogP contribution is -2.33. The summed E-state index contributed by atoms with van der Waals surface area (Å²) in [6.07, 6.45) is 0. The van der Waals surface area contributed by atoms with Crippen LogP contribution in [0.5, 0.6) is 0 Å². The van der Waals surface area contributed by atoms with Gasteiger partial charge in [0.2, 0.25) is 0 Å². The molecule has 0 aliphatic heterocycles. The zero-order chi connectivity index (χ0) is 10.6. The molecule has 0 rings (SSSR count). The van der Waals surface area contributed by atoms with Gasteiger partial charge in [-0.15, -0.1) is 0 Å². The SMILES string of the molecule is CN(C)P(=O)(N(C)C)N(C)CCO. The van der Waals surface area contributed by atoms with E-state index in [0.29, 0.717) is 6.54 Å². The topological polar surface area (TPSA) is 47.0 Å². The van der Waals surface area contributed by atoms with Gasteiger partial charge in [-0.05, 0) is 35.2 Å². The summed E-state index contributed by atoms with van der Waals surface area (Å²) in [4.78, 5) is 0. The van der Waals surface area contributed by atoms with Crippen molar-refractivity contribution in [2.75, 3.05) is 48.4 Å². The van der Waals surface area contributed by atoms with E-state index in [1.165, 1.54) is 0 Å². The van der Waals surface area contributed by atoms with E-state index in [1.54, 1.807) is 49.2 Å². The highest BCUT2D eigenvalue weighted by Crippen LogP contribution is 2.51. The molecule has 0 saturated carbocycles. The van der Waals surface area contributed by atoms with Gasteiger partial charge in [0.1, 0.15) is 0 Å². The van der Waals surface area contributed by atoms with E-state index in [2.05, 4.69) is 0 Å². The predicted molar refractivity (Wildman–Crippen MR) is 54.7 cm³/mol. The average Bonchev–Trinajstić information content (AvgIpc) is 2.02. The Morgan fingerprint density at radius 3 is 1.69 bits per heavy atom. The normalized spacial score (nSPS) is 13.3. The van der Waals surface area contributed by atoms with Crippen LogP contribution in [0.1, 0.15) is 0 Å². The zero-order valence-corrected chi connectivity index (χ0v) is 9.95. The third-order valence-electron chi connectivity index (χ3n) is 1.91. The third-order valence-corrected chi connectivity index (χ3v) is 5.08. The molecule has 1 N–H and O–H groups in total. The van der Waals surface area contributed by atoms with Crippen molar-refractivity contribution in [1.82, 2.24) is 14.0 Å². The first-order chi connectivity index (χ1) is 5.87. The van der Waals surface area contributed by atoms with Crippen LogP contribution in [-0.2, 0) is 4.57 Å². The van der Waals surface area contributed by atoms with E-state index in [1.807, 2.05) is 0 Å². The fourth-order valence-electron chi connectivity index (χ4n) is 1.24. The van der Waals surface area contributed by atoms with E-state index in [0.717, 1.165) is 0 Å². The Bertz CT molecular complexity index is 184. The van der Waals surface area contributed by atoms with Gasteiger partial charge in [0, 0.05) is 6.54 Å².